The van der Waals surface area contributed by atoms with Crippen molar-refractivity contribution in [2.24, 2.45) is 0 Å². The average molecular weight is 368 g/mol. The first-order valence-electron chi connectivity index (χ1n) is 8.74. The van der Waals surface area contributed by atoms with Gasteiger partial charge in [0.25, 0.3) is 0 Å². The molecular weight excluding hydrogens is 352 g/mol. The van der Waals surface area contributed by atoms with Gasteiger partial charge in [0, 0.05) is 0 Å². The molecule has 0 aromatic heterocycles. The maximum Gasteiger partial charge on any atom is 0.232 e. The van der Waals surface area contributed by atoms with Gasteiger partial charge in [-0.05, 0) is 34.0 Å². The summed E-state index contributed by atoms with van der Waals surface area (Å²) in [4.78, 5) is 25.1. The minimum Gasteiger partial charge on any atom is -0.504 e. The molecule has 1 aliphatic carbocycles. The SMILES string of the molecule is O=C1C(O)=C(c2ccccc2)C(=O)C(O)=C1C=Cc1ccc2ccccc2c1. The standard InChI is InChI=1S/C24H16O4/c25-21-19(13-11-15-10-12-16-6-4-5-9-18(16)14-15)22(26)24(28)20(23(21)27)17-7-2-1-3-8-17/h1-14,25,28H. The molecule has 0 amide bonds. The lowest BCUT2D eigenvalue weighted by Gasteiger charge is -2.16. The second-order valence-corrected chi connectivity index (χ2v) is 6.45. The number of aliphatic hydroxyl groups excluding tert-OH is 2. The highest BCUT2D eigenvalue weighted by Gasteiger charge is 2.34. The molecule has 0 unspecified atom stereocenters. The van der Waals surface area contributed by atoms with Crippen LogP contribution < -0.4 is 0 Å². The van der Waals surface area contributed by atoms with Gasteiger partial charge in [0.2, 0.25) is 11.6 Å². The van der Waals surface area contributed by atoms with E-state index in [1.807, 2.05) is 42.5 Å². The van der Waals surface area contributed by atoms with Crippen LogP contribution in [0.2, 0.25) is 0 Å². The molecule has 0 spiro atoms. The van der Waals surface area contributed by atoms with E-state index in [2.05, 4.69) is 0 Å². The van der Waals surface area contributed by atoms with Gasteiger partial charge >= 0.3 is 0 Å². The number of ketones is 2. The van der Waals surface area contributed by atoms with Crippen LogP contribution >= 0.6 is 0 Å². The zero-order chi connectivity index (χ0) is 19.7. The van der Waals surface area contributed by atoms with E-state index in [-0.39, 0.29) is 11.1 Å². The largest absolute Gasteiger partial charge is 0.504 e. The van der Waals surface area contributed by atoms with Crippen LogP contribution in [0.5, 0.6) is 0 Å². The quantitative estimate of drug-likeness (QED) is 0.652. The number of hydrogen-bond donors (Lipinski definition) is 2. The molecule has 0 bridgehead atoms. The van der Waals surface area contributed by atoms with Crippen LogP contribution in [0.4, 0.5) is 0 Å². The molecule has 136 valence electrons. The Morgan fingerprint density at radius 1 is 0.643 bits per heavy atom. The third-order valence-corrected chi connectivity index (χ3v) is 4.67. The number of carbonyl (C=O) groups is 2. The summed E-state index contributed by atoms with van der Waals surface area (Å²) >= 11 is 0. The number of Topliss-reactive ketones (excluding diaryl/α,β-unsaturated/α-hetero) is 2. The smallest absolute Gasteiger partial charge is 0.232 e. The third-order valence-electron chi connectivity index (χ3n) is 4.67. The highest BCUT2D eigenvalue weighted by molar-refractivity contribution is 6.38. The van der Waals surface area contributed by atoms with Crippen molar-refractivity contribution in [3.05, 3.63) is 107 Å². The summed E-state index contributed by atoms with van der Waals surface area (Å²) in [6.45, 7) is 0. The topological polar surface area (TPSA) is 74.6 Å². The molecule has 28 heavy (non-hydrogen) atoms. The number of rotatable bonds is 3. The normalized spacial score (nSPS) is 15.1. The van der Waals surface area contributed by atoms with Crippen LogP contribution in [0.3, 0.4) is 0 Å². The Kier molecular flexibility index (Phi) is 4.38. The van der Waals surface area contributed by atoms with E-state index >= 15 is 0 Å². The molecule has 4 rings (SSSR count). The van der Waals surface area contributed by atoms with Gasteiger partial charge in [0.1, 0.15) is 0 Å². The van der Waals surface area contributed by atoms with E-state index in [9.17, 15) is 19.8 Å². The van der Waals surface area contributed by atoms with Crippen molar-refractivity contribution in [1.29, 1.82) is 0 Å². The number of carbonyl (C=O) groups excluding carboxylic acids is 2. The van der Waals surface area contributed by atoms with Gasteiger partial charge in [-0.25, -0.2) is 0 Å². The lowest BCUT2D eigenvalue weighted by Crippen LogP contribution is -2.22. The summed E-state index contributed by atoms with van der Waals surface area (Å²) < 4.78 is 0. The zero-order valence-corrected chi connectivity index (χ0v) is 14.8. The second kappa shape index (κ2) is 7.00. The first kappa shape index (κ1) is 17.5. The number of aliphatic hydroxyl groups is 2. The zero-order valence-electron chi connectivity index (χ0n) is 14.8. The molecule has 4 heteroatoms. The highest BCUT2D eigenvalue weighted by atomic mass is 16.3. The molecule has 0 saturated carbocycles. The van der Waals surface area contributed by atoms with Crippen LogP contribution in [0.1, 0.15) is 11.1 Å². The Bertz CT molecular complexity index is 1200. The predicted octanol–water partition coefficient (Wildman–Crippen LogP) is 4.79. The molecular formula is C24H16O4. The summed E-state index contributed by atoms with van der Waals surface area (Å²) in [6, 6.07) is 21.9. The van der Waals surface area contributed by atoms with Gasteiger partial charge in [-0.3, -0.25) is 9.59 Å². The Hall–Kier alpha value is -3.92. The average Bonchev–Trinajstić information content (AvgIpc) is 2.73. The highest BCUT2D eigenvalue weighted by Crippen LogP contribution is 2.30. The van der Waals surface area contributed by atoms with Crippen molar-refractivity contribution in [2.45, 2.75) is 0 Å². The number of hydrogen-bond acceptors (Lipinski definition) is 4. The fourth-order valence-corrected chi connectivity index (χ4v) is 3.22. The van der Waals surface area contributed by atoms with Crippen molar-refractivity contribution in [3.63, 3.8) is 0 Å². The Labute approximate surface area is 161 Å². The number of benzene rings is 3. The minimum absolute atomic E-state index is 0.189. The second-order valence-electron chi connectivity index (χ2n) is 6.45. The molecule has 0 fully saturated rings. The van der Waals surface area contributed by atoms with Gasteiger partial charge in [0.15, 0.2) is 11.5 Å². The summed E-state index contributed by atoms with van der Waals surface area (Å²) in [7, 11) is 0. The van der Waals surface area contributed by atoms with Crippen molar-refractivity contribution in [1.82, 2.24) is 0 Å². The van der Waals surface area contributed by atoms with E-state index in [0.29, 0.717) is 5.56 Å². The first-order valence-corrected chi connectivity index (χ1v) is 8.74. The molecule has 0 saturated heterocycles. The first-order chi connectivity index (χ1) is 13.6. The maximum atomic E-state index is 12.6. The molecule has 1 aliphatic rings. The fraction of sp³-hybridized carbons (Fsp3) is 0. The van der Waals surface area contributed by atoms with E-state index in [1.54, 1.807) is 36.4 Å². The van der Waals surface area contributed by atoms with Crippen molar-refractivity contribution in [3.8, 4) is 0 Å². The number of fused-ring (bicyclic) bond motifs is 1. The molecule has 0 heterocycles. The van der Waals surface area contributed by atoms with E-state index < -0.39 is 23.1 Å². The monoisotopic (exact) mass is 368 g/mol. The summed E-state index contributed by atoms with van der Waals surface area (Å²) in [5.74, 6) is -2.89. The van der Waals surface area contributed by atoms with Crippen LogP contribution in [0, 0.1) is 0 Å². The number of allylic oxidation sites excluding steroid dienone is 3. The summed E-state index contributed by atoms with van der Waals surface area (Å²) in [5.41, 5.74) is 0.764. The van der Waals surface area contributed by atoms with E-state index in [0.717, 1.165) is 16.3 Å². The maximum absolute atomic E-state index is 12.6. The van der Waals surface area contributed by atoms with Crippen molar-refractivity contribution >= 4 is 34.0 Å². The van der Waals surface area contributed by atoms with Crippen LogP contribution in [-0.2, 0) is 9.59 Å². The predicted molar refractivity (Wildman–Crippen MR) is 109 cm³/mol. The van der Waals surface area contributed by atoms with Crippen LogP contribution in [-0.4, -0.2) is 21.8 Å². The fourth-order valence-electron chi connectivity index (χ4n) is 3.22. The van der Waals surface area contributed by atoms with Crippen molar-refractivity contribution < 1.29 is 19.8 Å². The molecule has 3 aromatic carbocycles. The Balaban J connectivity index is 1.70. The van der Waals surface area contributed by atoms with E-state index in [1.165, 1.54) is 6.08 Å². The van der Waals surface area contributed by atoms with Gasteiger partial charge in [0.05, 0.1) is 11.1 Å². The van der Waals surface area contributed by atoms with Gasteiger partial charge in [-0.1, -0.05) is 72.8 Å². The minimum atomic E-state index is -0.784. The van der Waals surface area contributed by atoms with Crippen LogP contribution in [0.25, 0.3) is 22.4 Å². The Morgan fingerprint density at radius 2 is 1.32 bits per heavy atom. The Morgan fingerprint density at radius 3 is 2.07 bits per heavy atom. The lowest BCUT2D eigenvalue weighted by atomic mass is 9.89. The van der Waals surface area contributed by atoms with Gasteiger partial charge < -0.3 is 10.2 Å². The summed E-state index contributed by atoms with van der Waals surface area (Å²) in [5, 5.41) is 22.8. The molecule has 0 aliphatic heterocycles. The summed E-state index contributed by atoms with van der Waals surface area (Å²) in [6.07, 6.45) is 2.99. The molecule has 4 nitrogen and oxygen atoms in total. The van der Waals surface area contributed by atoms with E-state index in [4.69, 9.17) is 0 Å². The van der Waals surface area contributed by atoms with Gasteiger partial charge in [-0.15, -0.1) is 0 Å². The van der Waals surface area contributed by atoms with Crippen molar-refractivity contribution in [2.75, 3.05) is 0 Å². The molecule has 3 aromatic rings. The third kappa shape index (κ3) is 3.01. The molecule has 0 atom stereocenters. The lowest BCUT2D eigenvalue weighted by molar-refractivity contribution is -0.118. The van der Waals surface area contributed by atoms with Gasteiger partial charge in [-0.2, -0.15) is 0 Å². The molecule has 0 radical (unpaired) electrons. The molecule has 2 N–H and O–H groups in total. The van der Waals surface area contributed by atoms with Crippen LogP contribution in [0.15, 0.2) is 96.0 Å².